The Labute approximate surface area is 135 Å². The molecule has 8 heteroatoms. The van der Waals surface area contributed by atoms with Crippen LogP contribution in [0.2, 0.25) is 0 Å². The van der Waals surface area contributed by atoms with Crippen LogP contribution in [0.3, 0.4) is 0 Å². The minimum atomic E-state index is -0.793. The molecule has 1 atom stereocenters. The molecule has 7 nitrogen and oxygen atoms in total. The maximum Gasteiger partial charge on any atom is 0.413 e. The van der Waals surface area contributed by atoms with Crippen molar-refractivity contribution in [3.63, 3.8) is 0 Å². The first-order valence-corrected chi connectivity index (χ1v) is 7.66. The Bertz CT molecular complexity index is 893. The van der Waals surface area contributed by atoms with Crippen molar-refractivity contribution in [3.8, 4) is 0 Å². The molecule has 2 heterocycles. The number of carbonyl (C=O) groups excluding carboxylic acids is 2. The van der Waals surface area contributed by atoms with Crippen molar-refractivity contribution in [2.24, 2.45) is 0 Å². The molecule has 0 saturated heterocycles. The van der Waals surface area contributed by atoms with Gasteiger partial charge >= 0.3 is 6.09 Å². The molecule has 0 saturated carbocycles. The Morgan fingerprint density at radius 3 is 2.87 bits per heavy atom. The number of thioether (sulfide) groups is 1. The second kappa shape index (κ2) is 6.25. The molecule has 2 aromatic heterocycles. The summed E-state index contributed by atoms with van der Waals surface area (Å²) in [6.45, 7) is 1.67. The van der Waals surface area contributed by atoms with Gasteiger partial charge in [0, 0.05) is 5.39 Å². The van der Waals surface area contributed by atoms with Crippen LogP contribution >= 0.6 is 11.8 Å². The molecule has 0 aliphatic rings. The molecule has 3 rings (SSSR count). The first-order chi connectivity index (χ1) is 11.1. The van der Waals surface area contributed by atoms with Crippen molar-refractivity contribution >= 4 is 45.8 Å². The van der Waals surface area contributed by atoms with Gasteiger partial charge in [0.25, 0.3) is 0 Å². The summed E-state index contributed by atoms with van der Waals surface area (Å²) in [6, 6.07) is 7.53. The average Bonchev–Trinajstić information content (AvgIpc) is 2.94. The van der Waals surface area contributed by atoms with Gasteiger partial charge in [-0.25, -0.2) is 14.8 Å². The number of alkyl carbamates (subject to hydrolysis) is 1. The Kier molecular flexibility index (Phi) is 4.16. The number of imide groups is 1. The van der Waals surface area contributed by atoms with E-state index < -0.39 is 17.3 Å². The topological polar surface area (TPSA) is 94.3 Å². The number of fused-ring (bicyclic) bond motifs is 3. The largest absolute Gasteiger partial charge is 0.453 e. The SMILES string of the molecule is COC(=O)NC(=O)[C@@H](C)Sc1ncnc2c1oc1ccccc12. The van der Waals surface area contributed by atoms with E-state index in [4.69, 9.17) is 4.42 Å². The zero-order valence-electron chi connectivity index (χ0n) is 12.4. The Balaban J connectivity index is 1.91. The van der Waals surface area contributed by atoms with Gasteiger partial charge < -0.3 is 9.15 Å². The number of aromatic nitrogens is 2. The van der Waals surface area contributed by atoms with Crippen LogP contribution in [0.1, 0.15) is 6.92 Å². The van der Waals surface area contributed by atoms with Crippen LogP contribution < -0.4 is 5.32 Å². The molecule has 0 aliphatic heterocycles. The number of nitrogens with zero attached hydrogens (tertiary/aromatic N) is 2. The van der Waals surface area contributed by atoms with Crippen molar-refractivity contribution in [1.82, 2.24) is 15.3 Å². The summed E-state index contributed by atoms with van der Waals surface area (Å²) < 4.78 is 10.2. The summed E-state index contributed by atoms with van der Waals surface area (Å²) in [7, 11) is 1.20. The fraction of sp³-hybridized carbons (Fsp3) is 0.200. The van der Waals surface area contributed by atoms with Gasteiger partial charge in [0.2, 0.25) is 5.91 Å². The van der Waals surface area contributed by atoms with Gasteiger partial charge in [0.1, 0.15) is 22.5 Å². The van der Waals surface area contributed by atoms with Gasteiger partial charge in [-0.05, 0) is 19.1 Å². The number of amides is 2. The first kappa shape index (κ1) is 15.3. The van der Waals surface area contributed by atoms with Crippen LogP contribution in [0, 0.1) is 0 Å². The number of hydrogen-bond donors (Lipinski definition) is 1. The van der Waals surface area contributed by atoms with E-state index >= 15 is 0 Å². The number of methoxy groups -OCH3 is 1. The molecule has 2 amide bonds. The lowest BCUT2D eigenvalue weighted by Crippen LogP contribution is -2.35. The Morgan fingerprint density at radius 2 is 2.09 bits per heavy atom. The lowest BCUT2D eigenvalue weighted by Gasteiger charge is -2.09. The second-order valence-corrected chi connectivity index (χ2v) is 6.03. The van der Waals surface area contributed by atoms with Crippen molar-refractivity contribution in [2.45, 2.75) is 17.2 Å². The standard InChI is InChI=1S/C15H13N3O4S/c1-8(13(19)18-15(20)21-2)23-14-12-11(16-7-17-14)9-5-3-4-6-10(9)22-12/h3-8H,1-2H3,(H,18,19,20)/t8-/m1/s1. The second-order valence-electron chi connectivity index (χ2n) is 4.70. The van der Waals surface area contributed by atoms with E-state index in [1.165, 1.54) is 25.2 Å². The molecule has 1 aromatic carbocycles. The molecule has 0 spiro atoms. The van der Waals surface area contributed by atoms with Gasteiger partial charge in [-0.15, -0.1) is 0 Å². The fourth-order valence-electron chi connectivity index (χ4n) is 2.06. The van der Waals surface area contributed by atoms with E-state index in [0.29, 0.717) is 21.7 Å². The van der Waals surface area contributed by atoms with Crippen LogP contribution in [0.5, 0.6) is 0 Å². The van der Waals surface area contributed by atoms with Gasteiger partial charge in [-0.3, -0.25) is 10.1 Å². The number of carbonyl (C=O) groups is 2. The molecule has 118 valence electrons. The van der Waals surface area contributed by atoms with Crippen molar-refractivity contribution < 1.29 is 18.7 Å². The van der Waals surface area contributed by atoms with E-state index in [1.54, 1.807) is 6.92 Å². The highest BCUT2D eigenvalue weighted by atomic mass is 32.2. The number of para-hydroxylation sites is 1. The van der Waals surface area contributed by atoms with Crippen LogP contribution in [-0.4, -0.2) is 34.3 Å². The zero-order chi connectivity index (χ0) is 16.4. The minimum absolute atomic E-state index is 0.468. The molecular formula is C15H13N3O4S. The van der Waals surface area contributed by atoms with E-state index in [0.717, 1.165) is 5.39 Å². The van der Waals surface area contributed by atoms with Crippen molar-refractivity contribution in [1.29, 1.82) is 0 Å². The molecule has 0 unspecified atom stereocenters. The summed E-state index contributed by atoms with van der Waals surface area (Å²) in [4.78, 5) is 31.5. The molecule has 0 bridgehead atoms. The number of benzene rings is 1. The quantitative estimate of drug-likeness (QED) is 0.582. The number of ether oxygens (including phenoxy) is 1. The Hall–Kier alpha value is -2.61. The fourth-order valence-corrected chi connectivity index (χ4v) is 2.92. The van der Waals surface area contributed by atoms with Gasteiger partial charge in [-0.2, -0.15) is 0 Å². The predicted octanol–water partition coefficient (Wildman–Crippen LogP) is 2.74. The lowest BCUT2D eigenvalue weighted by atomic mass is 10.2. The number of rotatable bonds is 3. The summed E-state index contributed by atoms with van der Waals surface area (Å²) in [5, 5.41) is 3.00. The van der Waals surface area contributed by atoms with Crippen LogP contribution in [0.4, 0.5) is 4.79 Å². The van der Waals surface area contributed by atoms with Crippen LogP contribution in [-0.2, 0) is 9.53 Å². The maximum absolute atomic E-state index is 11.9. The third kappa shape index (κ3) is 2.98. The molecule has 0 fully saturated rings. The average molecular weight is 331 g/mol. The van der Waals surface area contributed by atoms with Gasteiger partial charge in [0.05, 0.1) is 12.4 Å². The highest BCUT2D eigenvalue weighted by Gasteiger charge is 2.21. The van der Waals surface area contributed by atoms with Gasteiger partial charge in [0.15, 0.2) is 5.58 Å². The summed E-state index contributed by atoms with van der Waals surface area (Å²) >= 11 is 1.18. The molecule has 0 radical (unpaired) electrons. The van der Waals surface area contributed by atoms with E-state index in [2.05, 4.69) is 20.0 Å². The predicted molar refractivity (Wildman–Crippen MR) is 85.2 cm³/mol. The summed E-state index contributed by atoms with van der Waals surface area (Å²) in [5.41, 5.74) is 1.92. The van der Waals surface area contributed by atoms with Crippen molar-refractivity contribution in [2.75, 3.05) is 7.11 Å². The zero-order valence-corrected chi connectivity index (χ0v) is 13.2. The van der Waals surface area contributed by atoms with Crippen LogP contribution in [0.25, 0.3) is 22.1 Å². The van der Waals surface area contributed by atoms with E-state index in [1.807, 2.05) is 24.3 Å². The normalized spacial score (nSPS) is 12.3. The maximum atomic E-state index is 11.9. The number of hydrogen-bond acceptors (Lipinski definition) is 7. The van der Waals surface area contributed by atoms with Crippen molar-refractivity contribution in [3.05, 3.63) is 30.6 Å². The number of nitrogens with one attached hydrogen (secondary N) is 1. The summed E-state index contributed by atoms with van der Waals surface area (Å²) in [6.07, 6.45) is 0.636. The molecule has 3 aromatic rings. The minimum Gasteiger partial charge on any atom is -0.453 e. The molecular weight excluding hydrogens is 318 g/mol. The highest BCUT2D eigenvalue weighted by molar-refractivity contribution is 8.00. The molecule has 0 aliphatic carbocycles. The van der Waals surface area contributed by atoms with E-state index in [-0.39, 0.29) is 0 Å². The lowest BCUT2D eigenvalue weighted by molar-refractivity contribution is -0.119. The first-order valence-electron chi connectivity index (χ1n) is 6.78. The monoisotopic (exact) mass is 331 g/mol. The third-order valence-corrected chi connectivity index (χ3v) is 4.28. The summed E-state index contributed by atoms with van der Waals surface area (Å²) in [5.74, 6) is -0.468. The number of furan rings is 1. The third-order valence-electron chi connectivity index (χ3n) is 3.19. The molecule has 1 N–H and O–H groups in total. The Morgan fingerprint density at radius 1 is 1.30 bits per heavy atom. The smallest absolute Gasteiger partial charge is 0.413 e. The van der Waals surface area contributed by atoms with Crippen LogP contribution in [0.15, 0.2) is 40.0 Å². The highest BCUT2D eigenvalue weighted by Crippen LogP contribution is 2.33. The van der Waals surface area contributed by atoms with Gasteiger partial charge in [-0.1, -0.05) is 23.9 Å². The van der Waals surface area contributed by atoms with E-state index in [9.17, 15) is 9.59 Å². The molecule has 23 heavy (non-hydrogen) atoms.